The number of nitrogens with one attached hydrogen (secondary N) is 1. The highest BCUT2D eigenvalue weighted by Crippen LogP contribution is 2.24. The summed E-state index contributed by atoms with van der Waals surface area (Å²) in [6, 6.07) is 8.27. The summed E-state index contributed by atoms with van der Waals surface area (Å²) < 4.78 is 15.4. The number of nitriles is 1. The second kappa shape index (κ2) is 7.56. The van der Waals surface area contributed by atoms with Crippen LogP contribution >= 0.6 is 11.8 Å². The van der Waals surface area contributed by atoms with Gasteiger partial charge in [-0.2, -0.15) is 5.26 Å². The van der Waals surface area contributed by atoms with Crippen molar-refractivity contribution in [3.05, 3.63) is 30.1 Å². The van der Waals surface area contributed by atoms with Gasteiger partial charge in [-0.05, 0) is 12.1 Å². The van der Waals surface area contributed by atoms with Crippen molar-refractivity contribution in [2.24, 2.45) is 7.05 Å². The molecule has 2 aromatic rings. The Morgan fingerprint density at radius 3 is 2.95 bits per heavy atom. The molecule has 1 heterocycles. The zero-order valence-corrected chi connectivity index (χ0v) is 12.7. The van der Waals surface area contributed by atoms with Crippen molar-refractivity contribution in [1.29, 1.82) is 5.26 Å². The van der Waals surface area contributed by atoms with Crippen molar-refractivity contribution in [3.63, 3.8) is 0 Å². The van der Waals surface area contributed by atoms with Crippen LogP contribution in [0.3, 0.4) is 0 Å². The van der Waals surface area contributed by atoms with Gasteiger partial charge in [0.15, 0.2) is 11.0 Å². The van der Waals surface area contributed by atoms with Gasteiger partial charge in [-0.1, -0.05) is 23.9 Å². The molecule has 1 N–H and O–H groups in total. The lowest BCUT2D eigenvalue weighted by molar-refractivity contribution is -0.118. The van der Waals surface area contributed by atoms with Crippen LogP contribution < -0.4 is 5.32 Å². The molecule has 0 radical (unpaired) electrons. The zero-order chi connectivity index (χ0) is 15.9. The minimum Gasteiger partial charge on any atom is -0.354 e. The van der Waals surface area contributed by atoms with Crippen LogP contribution in [-0.2, 0) is 11.8 Å². The Morgan fingerprint density at radius 1 is 1.45 bits per heavy atom. The number of rotatable bonds is 6. The van der Waals surface area contributed by atoms with Crippen LogP contribution in [0.2, 0.25) is 0 Å². The minimum atomic E-state index is -0.371. The lowest BCUT2D eigenvalue weighted by Gasteiger charge is -2.05. The first-order chi connectivity index (χ1) is 10.6. The fourth-order valence-electron chi connectivity index (χ4n) is 1.76. The molecular formula is C14H14FN5OS. The molecule has 1 amide bonds. The van der Waals surface area contributed by atoms with Gasteiger partial charge < -0.3 is 9.88 Å². The molecule has 0 fully saturated rings. The monoisotopic (exact) mass is 319 g/mol. The molecule has 6 nitrogen and oxygen atoms in total. The molecule has 0 saturated heterocycles. The van der Waals surface area contributed by atoms with Gasteiger partial charge in [0.25, 0.3) is 0 Å². The Morgan fingerprint density at radius 2 is 2.23 bits per heavy atom. The minimum absolute atomic E-state index is 0.161. The van der Waals surface area contributed by atoms with Gasteiger partial charge in [-0.3, -0.25) is 4.79 Å². The summed E-state index contributed by atoms with van der Waals surface area (Å²) in [5.41, 5.74) is 0.364. The molecule has 0 bridgehead atoms. The fraction of sp³-hybridized carbons (Fsp3) is 0.286. The third-order valence-corrected chi connectivity index (χ3v) is 3.86. The van der Waals surface area contributed by atoms with E-state index in [4.69, 9.17) is 5.26 Å². The molecule has 114 valence electrons. The van der Waals surface area contributed by atoms with Crippen LogP contribution in [0.4, 0.5) is 4.39 Å². The second-order valence-electron chi connectivity index (χ2n) is 4.39. The third kappa shape index (κ3) is 3.83. The van der Waals surface area contributed by atoms with Gasteiger partial charge in [0.2, 0.25) is 5.91 Å². The maximum Gasteiger partial charge on any atom is 0.230 e. The first-order valence-electron chi connectivity index (χ1n) is 6.54. The Hall–Kier alpha value is -2.40. The van der Waals surface area contributed by atoms with Gasteiger partial charge in [-0.15, -0.1) is 10.2 Å². The van der Waals surface area contributed by atoms with Crippen molar-refractivity contribution in [3.8, 4) is 17.5 Å². The fourth-order valence-corrected chi connectivity index (χ4v) is 2.50. The van der Waals surface area contributed by atoms with Crippen LogP contribution in [-0.4, -0.2) is 33.0 Å². The molecular weight excluding hydrogens is 305 g/mol. The van der Waals surface area contributed by atoms with E-state index in [1.807, 2.05) is 6.07 Å². The highest BCUT2D eigenvalue weighted by atomic mass is 32.2. The van der Waals surface area contributed by atoms with Crippen molar-refractivity contribution >= 4 is 17.7 Å². The van der Waals surface area contributed by atoms with Crippen molar-refractivity contribution in [1.82, 2.24) is 20.1 Å². The van der Waals surface area contributed by atoms with Crippen LogP contribution in [0.1, 0.15) is 6.42 Å². The number of carbonyl (C=O) groups is 1. The van der Waals surface area contributed by atoms with E-state index in [2.05, 4.69) is 15.5 Å². The van der Waals surface area contributed by atoms with Crippen molar-refractivity contribution in [2.75, 3.05) is 12.3 Å². The molecule has 22 heavy (non-hydrogen) atoms. The molecule has 0 unspecified atom stereocenters. The molecule has 2 rings (SSSR count). The van der Waals surface area contributed by atoms with Crippen LogP contribution in [0.5, 0.6) is 0 Å². The van der Waals surface area contributed by atoms with E-state index in [-0.39, 0.29) is 23.9 Å². The van der Waals surface area contributed by atoms with Crippen molar-refractivity contribution in [2.45, 2.75) is 11.6 Å². The van der Waals surface area contributed by atoms with Gasteiger partial charge in [0.1, 0.15) is 5.82 Å². The molecule has 0 spiro atoms. The zero-order valence-electron chi connectivity index (χ0n) is 11.9. The number of carbonyl (C=O) groups excluding carboxylic acids is 1. The summed E-state index contributed by atoms with van der Waals surface area (Å²) in [5.74, 6) is 0.0132. The Labute approximate surface area is 131 Å². The highest BCUT2D eigenvalue weighted by molar-refractivity contribution is 7.99. The van der Waals surface area contributed by atoms with Crippen molar-refractivity contribution < 1.29 is 9.18 Å². The maximum atomic E-state index is 13.8. The molecule has 0 aliphatic rings. The SMILES string of the molecule is Cn1c(SCC(=O)NCCC#N)nnc1-c1ccccc1F. The second-order valence-corrected chi connectivity index (χ2v) is 5.33. The lowest BCUT2D eigenvalue weighted by atomic mass is 10.2. The number of nitrogens with zero attached hydrogens (tertiary/aromatic N) is 4. The molecule has 0 atom stereocenters. The predicted octanol–water partition coefficient (Wildman–Crippen LogP) is 1.74. The first kappa shape index (κ1) is 16.0. The average molecular weight is 319 g/mol. The molecule has 8 heteroatoms. The summed E-state index contributed by atoms with van der Waals surface area (Å²) in [7, 11) is 1.72. The normalized spacial score (nSPS) is 10.2. The molecule has 0 aliphatic carbocycles. The quantitative estimate of drug-likeness (QED) is 0.648. The van der Waals surface area contributed by atoms with E-state index in [1.165, 1.54) is 17.8 Å². The van der Waals surface area contributed by atoms with E-state index >= 15 is 0 Å². The number of amides is 1. The van der Waals surface area contributed by atoms with E-state index in [0.29, 0.717) is 23.1 Å². The number of thioether (sulfide) groups is 1. The Kier molecular flexibility index (Phi) is 5.49. The van der Waals surface area contributed by atoms with Gasteiger partial charge in [-0.25, -0.2) is 4.39 Å². The number of halogens is 1. The number of hydrogen-bond acceptors (Lipinski definition) is 5. The van der Waals surface area contributed by atoms with E-state index in [0.717, 1.165) is 0 Å². The summed E-state index contributed by atoms with van der Waals surface area (Å²) >= 11 is 1.21. The number of benzene rings is 1. The van der Waals surface area contributed by atoms with Gasteiger partial charge >= 0.3 is 0 Å². The standard InChI is InChI=1S/C14H14FN5OS/c1-20-13(10-5-2-3-6-11(10)15)18-19-14(20)22-9-12(21)17-8-4-7-16/h2-3,5-6H,4,8-9H2,1H3,(H,17,21). The number of hydrogen-bond donors (Lipinski definition) is 1. The van der Waals surface area contributed by atoms with E-state index < -0.39 is 0 Å². The van der Waals surface area contributed by atoms with Crippen LogP contribution in [0, 0.1) is 17.1 Å². The molecule has 0 aliphatic heterocycles. The van der Waals surface area contributed by atoms with Crippen LogP contribution in [0.25, 0.3) is 11.4 Å². The Bertz CT molecular complexity index is 709. The smallest absolute Gasteiger partial charge is 0.230 e. The largest absolute Gasteiger partial charge is 0.354 e. The molecule has 0 saturated carbocycles. The third-order valence-electron chi connectivity index (χ3n) is 2.84. The topological polar surface area (TPSA) is 83.6 Å². The summed E-state index contributed by atoms with van der Waals surface area (Å²) in [5, 5.41) is 19.5. The molecule has 1 aromatic carbocycles. The lowest BCUT2D eigenvalue weighted by Crippen LogP contribution is -2.26. The van der Waals surface area contributed by atoms with Gasteiger partial charge in [0, 0.05) is 13.6 Å². The van der Waals surface area contributed by atoms with Crippen LogP contribution in [0.15, 0.2) is 29.4 Å². The predicted molar refractivity (Wildman–Crippen MR) is 80.4 cm³/mol. The first-order valence-corrected chi connectivity index (χ1v) is 7.52. The van der Waals surface area contributed by atoms with Gasteiger partial charge in [0.05, 0.1) is 23.8 Å². The van der Waals surface area contributed by atoms with E-state index in [1.54, 1.807) is 29.8 Å². The highest BCUT2D eigenvalue weighted by Gasteiger charge is 2.15. The average Bonchev–Trinajstić information content (AvgIpc) is 2.87. The number of aromatic nitrogens is 3. The molecule has 1 aromatic heterocycles. The van der Waals surface area contributed by atoms with E-state index in [9.17, 15) is 9.18 Å². The maximum absolute atomic E-state index is 13.8. The summed E-state index contributed by atoms with van der Waals surface area (Å²) in [4.78, 5) is 11.6. The summed E-state index contributed by atoms with van der Waals surface area (Å²) in [6.07, 6.45) is 0.276. The Balaban J connectivity index is 2.02. The summed E-state index contributed by atoms with van der Waals surface area (Å²) in [6.45, 7) is 0.329.